The highest BCUT2D eigenvalue weighted by atomic mass is 35.5. The molecule has 0 spiro atoms. The second-order valence-corrected chi connectivity index (χ2v) is 9.31. The molecule has 0 saturated carbocycles. The Kier molecular flexibility index (Phi) is 5.98. The fourth-order valence-electron chi connectivity index (χ4n) is 3.18. The summed E-state index contributed by atoms with van der Waals surface area (Å²) in [4.78, 5) is 0. The van der Waals surface area contributed by atoms with Crippen molar-refractivity contribution in [2.45, 2.75) is 4.75 Å². The molecule has 3 N–H and O–H groups in total. The van der Waals surface area contributed by atoms with Gasteiger partial charge < -0.3 is 10.2 Å². The van der Waals surface area contributed by atoms with Crippen molar-refractivity contribution >= 4 is 56.5 Å². The summed E-state index contributed by atoms with van der Waals surface area (Å²) >= 11 is 24.9. The quantitative estimate of drug-likeness (QED) is 0.239. The first kappa shape index (κ1) is 22.0. The fraction of sp³-hybridized carbons (Fsp3) is 0.0526. The molecule has 0 bridgehead atoms. The largest absolute Gasteiger partial charge is 0.508 e. The normalized spacial score (nSPS) is 13.8. The topological polar surface area (TPSA) is 94.8 Å². The van der Waals surface area contributed by atoms with Gasteiger partial charge in [0.2, 0.25) is 0 Å². The van der Waals surface area contributed by atoms with Gasteiger partial charge in [-0.15, -0.1) is 0 Å². The van der Waals surface area contributed by atoms with Crippen molar-refractivity contribution < 1.29 is 23.2 Å². The van der Waals surface area contributed by atoms with E-state index in [9.17, 15) is 23.2 Å². The molecule has 1 atom stereocenters. The molecule has 152 valence electrons. The van der Waals surface area contributed by atoms with E-state index in [0.717, 1.165) is 6.07 Å². The Hall–Kier alpha value is -1.67. The van der Waals surface area contributed by atoms with Crippen LogP contribution in [-0.4, -0.2) is 23.2 Å². The van der Waals surface area contributed by atoms with Gasteiger partial charge in [-0.05, 0) is 42.0 Å². The first-order valence-corrected chi connectivity index (χ1v) is 10.8. The van der Waals surface area contributed by atoms with E-state index in [0.29, 0.717) is 0 Å². The summed E-state index contributed by atoms with van der Waals surface area (Å²) < 4.78 is 34.1. The smallest absolute Gasteiger partial charge is 0.283 e. The van der Waals surface area contributed by atoms with Crippen molar-refractivity contribution in [1.29, 1.82) is 0 Å². The van der Waals surface area contributed by atoms with Gasteiger partial charge in [-0.2, -0.15) is 8.42 Å². The maximum Gasteiger partial charge on any atom is 0.283 e. The van der Waals surface area contributed by atoms with E-state index >= 15 is 0 Å². The minimum atomic E-state index is -5.04. The molecule has 5 nitrogen and oxygen atoms in total. The zero-order valence-corrected chi connectivity index (χ0v) is 18.1. The zero-order valence-electron chi connectivity index (χ0n) is 14.3. The number of aromatic hydroxyl groups is 2. The standard InChI is InChI=1S/C19H12Cl4O5S/c20-11-7-15(18(23)17(22)8-11)19(29(26,27)28,10-1-3-12(24)4-2-10)14-6-5-13(25)9-16(14)21/h1-9,24-25H,(H,26,27,28). The lowest BCUT2D eigenvalue weighted by molar-refractivity contribution is 0.456. The first-order chi connectivity index (χ1) is 13.5. The van der Waals surface area contributed by atoms with E-state index < -0.39 is 14.9 Å². The maximum absolute atomic E-state index is 13.0. The van der Waals surface area contributed by atoms with E-state index in [2.05, 4.69) is 0 Å². The number of halogens is 4. The lowest BCUT2D eigenvalue weighted by atomic mass is 9.83. The van der Waals surface area contributed by atoms with Crippen LogP contribution in [0.4, 0.5) is 0 Å². The fourth-order valence-corrected chi connectivity index (χ4v) is 5.68. The molecule has 0 radical (unpaired) electrons. The molecule has 10 heteroatoms. The van der Waals surface area contributed by atoms with Gasteiger partial charge in [-0.3, -0.25) is 4.55 Å². The van der Waals surface area contributed by atoms with Gasteiger partial charge in [0.05, 0.1) is 10.0 Å². The predicted octanol–water partition coefficient (Wildman–Crippen LogP) is 5.89. The number of hydrogen-bond donors (Lipinski definition) is 3. The van der Waals surface area contributed by atoms with Crippen LogP contribution in [0.1, 0.15) is 16.7 Å². The van der Waals surface area contributed by atoms with Crippen LogP contribution < -0.4 is 0 Å². The van der Waals surface area contributed by atoms with Crippen LogP contribution >= 0.6 is 46.4 Å². The molecular weight excluding hydrogens is 482 g/mol. The zero-order chi connectivity index (χ0) is 21.6. The van der Waals surface area contributed by atoms with Gasteiger partial charge >= 0.3 is 0 Å². The molecule has 3 aromatic rings. The van der Waals surface area contributed by atoms with Crippen molar-refractivity contribution in [3.8, 4) is 11.5 Å². The van der Waals surface area contributed by atoms with Gasteiger partial charge in [0.15, 0.2) is 4.75 Å². The molecule has 0 aliphatic carbocycles. The van der Waals surface area contributed by atoms with Crippen LogP contribution in [0.15, 0.2) is 54.6 Å². The van der Waals surface area contributed by atoms with Gasteiger partial charge in [-0.25, -0.2) is 0 Å². The van der Waals surface area contributed by atoms with Crippen molar-refractivity contribution in [3.63, 3.8) is 0 Å². The Morgan fingerprint density at radius 1 is 0.724 bits per heavy atom. The van der Waals surface area contributed by atoms with Crippen molar-refractivity contribution in [3.05, 3.63) is 91.4 Å². The van der Waals surface area contributed by atoms with Crippen LogP contribution in [0, 0.1) is 0 Å². The average Bonchev–Trinajstić information content (AvgIpc) is 2.61. The Morgan fingerprint density at radius 2 is 1.31 bits per heavy atom. The van der Waals surface area contributed by atoms with E-state index in [1.165, 1.54) is 48.5 Å². The van der Waals surface area contributed by atoms with Gasteiger partial charge in [0.25, 0.3) is 10.1 Å². The number of phenols is 2. The van der Waals surface area contributed by atoms with Crippen LogP contribution in [0.2, 0.25) is 20.1 Å². The van der Waals surface area contributed by atoms with Gasteiger partial charge in [-0.1, -0.05) is 64.6 Å². The summed E-state index contributed by atoms with van der Waals surface area (Å²) in [5.74, 6) is -0.353. The summed E-state index contributed by atoms with van der Waals surface area (Å²) in [5.41, 5.74) is -0.256. The SMILES string of the molecule is O=S(=O)(O)C(c1ccc(O)cc1)(c1ccc(O)cc1Cl)c1cc(Cl)cc(Cl)c1Cl. The minimum Gasteiger partial charge on any atom is -0.508 e. The molecule has 3 aromatic carbocycles. The summed E-state index contributed by atoms with van der Waals surface area (Å²) in [6.07, 6.45) is 0. The lowest BCUT2D eigenvalue weighted by Crippen LogP contribution is -2.39. The molecule has 0 aromatic heterocycles. The van der Waals surface area contributed by atoms with Crippen LogP contribution in [0.3, 0.4) is 0 Å². The third-order valence-electron chi connectivity index (χ3n) is 4.37. The molecule has 1 unspecified atom stereocenters. The van der Waals surface area contributed by atoms with Crippen molar-refractivity contribution in [2.24, 2.45) is 0 Å². The number of hydrogen-bond acceptors (Lipinski definition) is 4. The van der Waals surface area contributed by atoms with E-state index in [-0.39, 0.29) is 48.3 Å². The Balaban J connectivity index is 2.61. The molecule has 0 saturated heterocycles. The van der Waals surface area contributed by atoms with Crippen LogP contribution in [0.5, 0.6) is 11.5 Å². The van der Waals surface area contributed by atoms with Crippen molar-refractivity contribution in [2.75, 3.05) is 0 Å². The van der Waals surface area contributed by atoms with Crippen LogP contribution in [0.25, 0.3) is 0 Å². The van der Waals surface area contributed by atoms with Crippen LogP contribution in [-0.2, 0) is 14.9 Å². The second-order valence-electron chi connectivity index (χ2n) is 6.12. The number of benzene rings is 3. The Bertz CT molecular complexity index is 1200. The Labute approximate surface area is 186 Å². The first-order valence-electron chi connectivity index (χ1n) is 7.89. The summed E-state index contributed by atoms with van der Waals surface area (Å²) in [6, 6.07) is 11.2. The Morgan fingerprint density at radius 3 is 1.86 bits per heavy atom. The molecule has 0 heterocycles. The monoisotopic (exact) mass is 492 g/mol. The summed E-state index contributed by atoms with van der Waals surface area (Å²) in [7, 11) is -5.04. The highest BCUT2D eigenvalue weighted by molar-refractivity contribution is 7.87. The van der Waals surface area contributed by atoms with Gasteiger partial charge in [0.1, 0.15) is 11.5 Å². The number of phenolic OH excluding ortho intramolecular Hbond substituents is 2. The molecule has 29 heavy (non-hydrogen) atoms. The third kappa shape index (κ3) is 3.77. The van der Waals surface area contributed by atoms with Crippen molar-refractivity contribution in [1.82, 2.24) is 0 Å². The van der Waals surface area contributed by atoms with E-state index in [4.69, 9.17) is 46.4 Å². The van der Waals surface area contributed by atoms with E-state index in [1.807, 2.05) is 0 Å². The second kappa shape index (κ2) is 7.87. The summed E-state index contributed by atoms with van der Waals surface area (Å²) in [6.45, 7) is 0. The molecule has 0 aliphatic rings. The van der Waals surface area contributed by atoms with E-state index in [1.54, 1.807) is 0 Å². The molecule has 0 aliphatic heterocycles. The minimum absolute atomic E-state index is 0.00521. The molecule has 3 rings (SSSR count). The van der Waals surface area contributed by atoms with Gasteiger partial charge in [0, 0.05) is 21.2 Å². The summed E-state index contributed by atoms with van der Waals surface area (Å²) in [5, 5.41) is 19.1. The molecule has 0 amide bonds. The predicted molar refractivity (Wildman–Crippen MR) is 114 cm³/mol. The molecule has 0 fully saturated rings. The number of rotatable bonds is 4. The highest BCUT2D eigenvalue weighted by Crippen LogP contribution is 2.51. The molecular formula is C19H12Cl4O5S. The highest BCUT2D eigenvalue weighted by Gasteiger charge is 2.51. The maximum atomic E-state index is 13.0. The average molecular weight is 494 g/mol. The lowest BCUT2D eigenvalue weighted by Gasteiger charge is -2.34. The third-order valence-corrected chi connectivity index (χ3v) is 7.15.